The van der Waals surface area contributed by atoms with Gasteiger partial charge in [0.15, 0.2) is 5.78 Å². The second-order valence-electron chi connectivity index (χ2n) is 12.3. The lowest BCUT2D eigenvalue weighted by Crippen LogP contribution is -2.37. The van der Waals surface area contributed by atoms with Crippen molar-refractivity contribution in [3.05, 3.63) is 102 Å². The third-order valence-corrected chi connectivity index (χ3v) is 7.79. The van der Waals surface area contributed by atoms with Gasteiger partial charge in [-0.25, -0.2) is 9.48 Å². The molecule has 2 aromatic heterocycles. The number of benzene rings is 2. The molecule has 2 N–H and O–H groups in total. The number of urea groups is 1. The van der Waals surface area contributed by atoms with E-state index in [1.54, 1.807) is 23.1 Å². The third kappa shape index (κ3) is 7.50. The summed E-state index contributed by atoms with van der Waals surface area (Å²) < 4.78 is 1.78. The van der Waals surface area contributed by atoms with E-state index in [2.05, 4.69) is 53.4 Å². The maximum Gasteiger partial charge on any atom is 0.324 e. The minimum atomic E-state index is -0.315. The molecule has 8 nitrogen and oxygen atoms in total. The van der Waals surface area contributed by atoms with Crippen LogP contribution in [0.1, 0.15) is 60.8 Å². The van der Waals surface area contributed by atoms with Gasteiger partial charge in [0.25, 0.3) is 0 Å². The molecule has 3 heterocycles. The number of nitrogens with one attached hydrogen (secondary N) is 2. The number of aryl methyl sites for hydroxylation is 1. The molecule has 8 heteroatoms. The SMILES string of the molecule is Cc1ccc(-n2nc(C(C)(C)C)cc2NC(=O)Nc2ccc(CC3CCN(CC(=O)c4cccnc4)CC3)cc2)cc1. The highest BCUT2D eigenvalue weighted by atomic mass is 16.2. The standard InChI is InChI=1S/C34H40N6O2/c1-24-7-13-29(14-8-24)40-32(21-31(38-40)34(2,3)4)37-33(42)36-28-11-9-25(10-12-28)20-26-15-18-39(19-16-26)23-30(41)27-6-5-17-35-22-27/h5-14,17,21-22,26H,15-16,18-20,23H2,1-4H3,(H2,36,37,42). The van der Waals surface area contributed by atoms with Crippen LogP contribution in [-0.2, 0) is 11.8 Å². The number of rotatable bonds is 8. The zero-order valence-electron chi connectivity index (χ0n) is 24.9. The maximum atomic E-state index is 13.0. The Morgan fingerprint density at radius 3 is 2.31 bits per heavy atom. The molecule has 0 unspecified atom stereocenters. The highest BCUT2D eigenvalue weighted by Crippen LogP contribution is 2.27. The highest BCUT2D eigenvalue weighted by molar-refractivity contribution is 5.99. The van der Waals surface area contributed by atoms with E-state index in [4.69, 9.17) is 5.10 Å². The molecule has 4 aromatic rings. The van der Waals surface area contributed by atoms with Gasteiger partial charge in [0.2, 0.25) is 0 Å². The van der Waals surface area contributed by atoms with Crippen LogP contribution in [0.15, 0.2) is 79.1 Å². The molecule has 1 aliphatic heterocycles. The molecule has 1 fully saturated rings. The minimum Gasteiger partial charge on any atom is -0.308 e. The normalized spacial score (nSPS) is 14.5. The van der Waals surface area contributed by atoms with Crippen molar-refractivity contribution in [3.8, 4) is 5.69 Å². The Balaban J connectivity index is 1.14. The largest absolute Gasteiger partial charge is 0.324 e. The van der Waals surface area contributed by atoms with Gasteiger partial charge in [0.05, 0.1) is 17.9 Å². The summed E-state index contributed by atoms with van der Waals surface area (Å²) in [5.74, 6) is 1.32. The molecule has 2 aromatic carbocycles. The number of anilines is 2. The van der Waals surface area contributed by atoms with E-state index in [1.165, 1.54) is 5.56 Å². The van der Waals surface area contributed by atoms with E-state index in [9.17, 15) is 9.59 Å². The van der Waals surface area contributed by atoms with Gasteiger partial charge in [-0.05, 0) is 87.2 Å². The van der Waals surface area contributed by atoms with Crippen LogP contribution in [-0.4, -0.2) is 51.1 Å². The number of ketones is 1. The summed E-state index contributed by atoms with van der Waals surface area (Å²) in [4.78, 5) is 31.8. The first kappa shape index (κ1) is 29.2. The van der Waals surface area contributed by atoms with Gasteiger partial charge < -0.3 is 5.32 Å². The first-order valence-corrected chi connectivity index (χ1v) is 14.6. The van der Waals surface area contributed by atoms with Gasteiger partial charge in [-0.15, -0.1) is 0 Å². The molecule has 1 saturated heterocycles. The summed E-state index contributed by atoms with van der Waals surface area (Å²) in [6.45, 7) is 10.7. The Morgan fingerprint density at radius 1 is 0.952 bits per heavy atom. The van der Waals surface area contributed by atoms with Crippen molar-refractivity contribution in [1.29, 1.82) is 0 Å². The number of likely N-dealkylation sites (tertiary alicyclic amines) is 1. The zero-order chi connectivity index (χ0) is 29.7. The van der Waals surface area contributed by atoms with E-state index >= 15 is 0 Å². The Kier molecular flexibility index (Phi) is 8.83. The average molecular weight is 565 g/mol. The van der Waals surface area contributed by atoms with Crippen LogP contribution >= 0.6 is 0 Å². The predicted molar refractivity (Wildman–Crippen MR) is 168 cm³/mol. The highest BCUT2D eigenvalue weighted by Gasteiger charge is 2.23. The molecule has 5 rings (SSSR count). The first-order valence-electron chi connectivity index (χ1n) is 14.6. The fourth-order valence-electron chi connectivity index (χ4n) is 5.23. The van der Waals surface area contributed by atoms with Crippen LogP contribution in [0.3, 0.4) is 0 Å². The molecular formula is C34H40N6O2. The van der Waals surface area contributed by atoms with Gasteiger partial charge in [-0.3, -0.25) is 20.0 Å². The summed E-state index contributed by atoms with van der Waals surface area (Å²) >= 11 is 0. The number of Topliss-reactive ketones (excluding diaryl/α,β-unsaturated/α-hetero) is 1. The van der Waals surface area contributed by atoms with Crippen LogP contribution in [0.5, 0.6) is 0 Å². The second-order valence-corrected chi connectivity index (χ2v) is 12.3. The summed E-state index contributed by atoms with van der Waals surface area (Å²) in [6.07, 6.45) is 6.44. The Morgan fingerprint density at radius 2 is 1.67 bits per heavy atom. The molecule has 0 bridgehead atoms. The van der Waals surface area contributed by atoms with Crippen molar-refractivity contribution in [2.45, 2.75) is 52.4 Å². The molecule has 218 valence electrons. The number of pyridine rings is 1. The van der Waals surface area contributed by atoms with Crippen molar-refractivity contribution in [2.24, 2.45) is 5.92 Å². The van der Waals surface area contributed by atoms with Gasteiger partial charge >= 0.3 is 6.03 Å². The number of carbonyl (C=O) groups excluding carboxylic acids is 2. The summed E-state index contributed by atoms with van der Waals surface area (Å²) in [5.41, 5.74) is 5.45. The van der Waals surface area contributed by atoms with Gasteiger partial charge in [-0.2, -0.15) is 5.10 Å². The first-order chi connectivity index (χ1) is 20.1. The monoisotopic (exact) mass is 564 g/mol. The van der Waals surface area contributed by atoms with Crippen LogP contribution in [0, 0.1) is 12.8 Å². The molecule has 0 saturated carbocycles. The quantitative estimate of drug-likeness (QED) is 0.234. The van der Waals surface area contributed by atoms with E-state index < -0.39 is 0 Å². The van der Waals surface area contributed by atoms with Gasteiger partial charge in [-0.1, -0.05) is 50.6 Å². The van der Waals surface area contributed by atoms with E-state index in [0.29, 0.717) is 23.8 Å². The fraction of sp³-hybridized carbons (Fsp3) is 0.353. The number of nitrogens with zero attached hydrogens (tertiary/aromatic N) is 4. The Bertz CT molecular complexity index is 1500. The van der Waals surface area contributed by atoms with E-state index in [1.807, 2.05) is 55.5 Å². The lowest BCUT2D eigenvalue weighted by molar-refractivity contribution is 0.0895. The van der Waals surface area contributed by atoms with Crippen LogP contribution in [0.25, 0.3) is 5.69 Å². The number of carbonyl (C=O) groups is 2. The molecule has 2 amide bonds. The number of hydrogen-bond donors (Lipinski definition) is 2. The van der Waals surface area contributed by atoms with Crippen LogP contribution in [0.4, 0.5) is 16.3 Å². The molecule has 0 aliphatic carbocycles. The van der Waals surface area contributed by atoms with Crippen molar-refractivity contribution >= 4 is 23.3 Å². The average Bonchev–Trinajstić information content (AvgIpc) is 3.40. The second kappa shape index (κ2) is 12.7. The number of amides is 2. The lowest BCUT2D eigenvalue weighted by Gasteiger charge is -2.31. The molecule has 0 spiro atoms. The zero-order valence-corrected chi connectivity index (χ0v) is 24.9. The number of aromatic nitrogens is 3. The minimum absolute atomic E-state index is 0.128. The number of piperidine rings is 1. The van der Waals surface area contributed by atoms with Crippen molar-refractivity contribution in [2.75, 3.05) is 30.3 Å². The maximum absolute atomic E-state index is 13.0. The van der Waals surface area contributed by atoms with Crippen molar-refractivity contribution in [1.82, 2.24) is 19.7 Å². The Hall–Kier alpha value is -4.30. The molecule has 0 atom stereocenters. The number of hydrogen-bond acceptors (Lipinski definition) is 5. The summed E-state index contributed by atoms with van der Waals surface area (Å²) in [6, 6.07) is 21.4. The summed E-state index contributed by atoms with van der Waals surface area (Å²) in [7, 11) is 0. The summed E-state index contributed by atoms with van der Waals surface area (Å²) in [5, 5.41) is 10.7. The Labute approximate surface area is 248 Å². The van der Waals surface area contributed by atoms with Gasteiger partial charge in [0, 0.05) is 35.1 Å². The molecule has 42 heavy (non-hydrogen) atoms. The molecular weight excluding hydrogens is 524 g/mol. The smallest absolute Gasteiger partial charge is 0.308 e. The van der Waals surface area contributed by atoms with Crippen molar-refractivity contribution in [3.63, 3.8) is 0 Å². The molecule has 0 radical (unpaired) electrons. The van der Waals surface area contributed by atoms with Crippen molar-refractivity contribution < 1.29 is 9.59 Å². The third-order valence-electron chi connectivity index (χ3n) is 7.79. The topological polar surface area (TPSA) is 92.2 Å². The predicted octanol–water partition coefficient (Wildman–Crippen LogP) is 6.65. The van der Waals surface area contributed by atoms with E-state index in [0.717, 1.165) is 55.0 Å². The fourth-order valence-corrected chi connectivity index (χ4v) is 5.23. The molecule has 1 aliphatic rings. The lowest BCUT2D eigenvalue weighted by atomic mass is 9.90. The van der Waals surface area contributed by atoms with Crippen LogP contribution < -0.4 is 10.6 Å². The van der Waals surface area contributed by atoms with Gasteiger partial charge in [0.1, 0.15) is 5.82 Å². The van der Waals surface area contributed by atoms with E-state index in [-0.39, 0.29) is 17.2 Å². The van der Waals surface area contributed by atoms with Crippen LogP contribution in [0.2, 0.25) is 0 Å².